The molecule has 0 rings (SSSR count). The van der Waals surface area contributed by atoms with E-state index in [9.17, 15) is 9.59 Å². The smallest absolute Gasteiger partial charge is 0.306 e. The number of hydrogen-bond donors (Lipinski definition) is 0. The summed E-state index contributed by atoms with van der Waals surface area (Å²) in [7, 11) is 0. The van der Waals surface area contributed by atoms with Gasteiger partial charge < -0.3 is 14.2 Å². The van der Waals surface area contributed by atoms with Gasteiger partial charge in [-0.1, -0.05) is 281 Å². The zero-order chi connectivity index (χ0) is 47.7. The zero-order valence-corrected chi connectivity index (χ0v) is 44.5. The number of ether oxygens (including phenoxy) is 3. The van der Waals surface area contributed by atoms with Crippen LogP contribution < -0.4 is 0 Å². The first kappa shape index (κ1) is 63.9. The molecule has 0 saturated carbocycles. The van der Waals surface area contributed by atoms with E-state index in [1.54, 1.807) is 0 Å². The van der Waals surface area contributed by atoms with Crippen molar-refractivity contribution in [3.8, 4) is 0 Å². The summed E-state index contributed by atoms with van der Waals surface area (Å²) in [6.45, 7) is 7.74. The van der Waals surface area contributed by atoms with Gasteiger partial charge in [-0.05, 0) is 57.8 Å². The van der Waals surface area contributed by atoms with E-state index in [-0.39, 0.29) is 25.2 Å². The van der Waals surface area contributed by atoms with Crippen molar-refractivity contribution in [3.63, 3.8) is 0 Å². The predicted molar refractivity (Wildman–Crippen MR) is 288 cm³/mol. The molecule has 0 aliphatic rings. The molecule has 0 aliphatic heterocycles. The van der Waals surface area contributed by atoms with Gasteiger partial charge in [0.15, 0.2) is 6.10 Å². The molecule has 0 radical (unpaired) electrons. The average Bonchev–Trinajstić information content (AvgIpc) is 3.32. The molecule has 0 heterocycles. The summed E-state index contributed by atoms with van der Waals surface area (Å²) in [5.74, 6) is -0.388. The van der Waals surface area contributed by atoms with Crippen LogP contribution in [0.5, 0.6) is 0 Å². The van der Waals surface area contributed by atoms with Crippen LogP contribution in [0.25, 0.3) is 0 Å². The molecular weight excluding hydrogens is 813 g/mol. The molecule has 1 unspecified atom stereocenters. The second kappa shape index (κ2) is 57.2. The Morgan fingerprint density at radius 2 is 0.682 bits per heavy atom. The van der Waals surface area contributed by atoms with Gasteiger partial charge in [-0.15, -0.1) is 0 Å². The van der Waals surface area contributed by atoms with Crippen molar-refractivity contribution in [2.75, 3.05) is 19.8 Å². The van der Waals surface area contributed by atoms with E-state index < -0.39 is 6.10 Å². The van der Waals surface area contributed by atoms with Gasteiger partial charge in [-0.3, -0.25) is 9.59 Å². The highest BCUT2D eigenvalue weighted by atomic mass is 16.6. The molecule has 5 heteroatoms. The summed E-state index contributed by atoms with van der Waals surface area (Å²) in [6, 6.07) is 0. The summed E-state index contributed by atoms with van der Waals surface area (Å²) >= 11 is 0. The number of allylic oxidation sites excluding steroid dienone is 8. The van der Waals surface area contributed by atoms with E-state index in [1.165, 1.54) is 199 Å². The number of rotatable bonds is 54. The van der Waals surface area contributed by atoms with Crippen LogP contribution >= 0.6 is 0 Å². The molecule has 66 heavy (non-hydrogen) atoms. The Labute approximate surface area is 412 Å². The van der Waals surface area contributed by atoms with Gasteiger partial charge in [0.05, 0.1) is 6.61 Å². The van der Waals surface area contributed by atoms with Gasteiger partial charge >= 0.3 is 11.9 Å². The van der Waals surface area contributed by atoms with Crippen LogP contribution in [0.15, 0.2) is 48.6 Å². The Balaban J connectivity index is 4.26. The highest BCUT2D eigenvalue weighted by molar-refractivity contribution is 5.70. The minimum absolute atomic E-state index is 0.0830. The maximum Gasteiger partial charge on any atom is 0.306 e. The summed E-state index contributed by atoms with van der Waals surface area (Å²) in [4.78, 5) is 25.5. The van der Waals surface area contributed by atoms with Crippen LogP contribution in [-0.4, -0.2) is 37.9 Å². The molecule has 386 valence electrons. The monoisotopic (exact) mass is 925 g/mol. The third kappa shape index (κ3) is 54.5. The highest BCUT2D eigenvalue weighted by Gasteiger charge is 2.17. The fourth-order valence-corrected chi connectivity index (χ4v) is 8.56. The molecule has 0 saturated heterocycles. The lowest BCUT2D eigenvalue weighted by molar-refractivity contribution is -0.163. The molecule has 0 aliphatic carbocycles. The molecule has 0 spiro atoms. The van der Waals surface area contributed by atoms with Crippen LogP contribution in [0.1, 0.15) is 303 Å². The van der Waals surface area contributed by atoms with Crippen molar-refractivity contribution in [2.45, 2.75) is 309 Å². The van der Waals surface area contributed by atoms with Crippen molar-refractivity contribution < 1.29 is 23.8 Å². The Hall–Kier alpha value is -2.14. The first-order valence-corrected chi connectivity index (χ1v) is 29.2. The Morgan fingerprint density at radius 1 is 0.348 bits per heavy atom. The lowest BCUT2D eigenvalue weighted by Crippen LogP contribution is -2.30. The molecule has 1 atom stereocenters. The molecule has 0 N–H and O–H groups in total. The van der Waals surface area contributed by atoms with E-state index in [4.69, 9.17) is 14.2 Å². The van der Waals surface area contributed by atoms with Gasteiger partial charge in [0.1, 0.15) is 6.61 Å². The van der Waals surface area contributed by atoms with Crippen molar-refractivity contribution in [1.29, 1.82) is 0 Å². The van der Waals surface area contributed by atoms with Crippen LogP contribution in [0.2, 0.25) is 0 Å². The highest BCUT2D eigenvalue weighted by Crippen LogP contribution is 2.17. The number of carbonyl (C=O) groups excluding carboxylic acids is 2. The summed E-state index contributed by atoms with van der Waals surface area (Å²) in [5.41, 5.74) is 0. The molecule has 0 amide bonds. The minimum atomic E-state index is -0.542. The fraction of sp³-hybridized carbons (Fsp3) is 0.836. The number of esters is 2. The average molecular weight is 926 g/mol. The summed E-state index contributed by atoms with van der Waals surface area (Å²) in [5, 5.41) is 0. The van der Waals surface area contributed by atoms with Gasteiger partial charge in [0.2, 0.25) is 0 Å². The van der Waals surface area contributed by atoms with Gasteiger partial charge in [-0.25, -0.2) is 0 Å². The van der Waals surface area contributed by atoms with Crippen LogP contribution in [0.3, 0.4) is 0 Å². The summed E-state index contributed by atoms with van der Waals surface area (Å²) < 4.78 is 17.5. The Kier molecular flexibility index (Phi) is 55.3. The molecule has 5 nitrogen and oxygen atoms in total. The van der Waals surface area contributed by atoms with Crippen molar-refractivity contribution in [1.82, 2.24) is 0 Å². The Morgan fingerprint density at radius 3 is 1.09 bits per heavy atom. The Bertz CT molecular complexity index is 1090. The van der Waals surface area contributed by atoms with Crippen molar-refractivity contribution in [2.24, 2.45) is 0 Å². The molecule has 0 aromatic heterocycles. The first-order valence-electron chi connectivity index (χ1n) is 29.2. The van der Waals surface area contributed by atoms with E-state index in [0.29, 0.717) is 19.4 Å². The van der Waals surface area contributed by atoms with E-state index >= 15 is 0 Å². The first-order chi connectivity index (χ1) is 32.6. The molecule has 0 bridgehead atoms. The number of carbonyl (C=O) groups is 2. The van der Waals surface area contributed by atoms with Crippen LogP contribution in [0.4, 0.5) is 0 Å². The third-order valence-corrected chi connectivity index (χ3v) is 12.9. The number of hydrogen-bond acceptors (Lipinski definition) is 5. The quantitative estimate of drug-likeness (QED) is 0.0345. The van der Waals surface area contributed by atoms with Crippen molar-refractivity contribution in [3.05, 3.63) is 48.6 Å². The second-order valence-electron chi connectivity index (χ2n) is 19.5. The van der Waals surface area contributed by atoms with Crippen molar-refractivity contribution >= 4 is 11.9 Å². The fourth-order valence-electron chi connectivity index (χ4n) is 8.56. The van der Waals surface area contributed by atoms with E-state index in [2.05, 4.69) is 69.4 Å². The maximum absolute atomic E-state index is 12.9. The van der Waals surface area contributed by atoms with Gasteiger partial charge in [0.25, 0.3) is 0 Å². The van der Waals surface area contributed by atoms with E-state index in [1.807, 2.05) is 0 Å². The lowest BCUT2D eigenvalue weighted by atomic mass is 10.0. The maximum atomic E-state index is 12.9. The topological polar surface area (TPSA) is 61.8 Å². The third-order valence-electron chi connectivity index (χ3n) is 12.9. The second-order valence-corrected chi connectivity index (χ2v) is 19.5. The predicted octanol–water partition coefficient (Wildman–Crippen LogP) is 19.9. The standard InChI is InChI=1S/C61H112O5/c1-4-7-10-13-16-19-22-25-28-30-32-35-38-41-44-47-50-53-56-64-57-59(66-61(63)55-52-49-46-43-40-37-33-27-24-21-18-15-12-9-6-3)58-65-60(62)54-51-48-45-42-39-36-34-31-29-26-23-20-17-14-11-8-5-2/h7,10,16,19,25,28,32,35,59H,4-6,8-9,11-15,17-18,20-24,26-27,29-31,33-34,36-58H2,1-3H3/b10-7-,19-16-,28-25-,35-32-. The summed E-state index contributed by atoms with van der Waals surface area (Å²) in [6.07, 6.45) is 71.3. The van der Waals surface area contributed by atoms with E-state index in [0.717, 1.165) is 70.6 Å². The van der Waals surface area contributed by atoms with Gasteiger partial charge in [0, 0.05) is 19.4 Å². The zero-order valence-electron chi connectivity index (χ0n) is 44.5. The van der Waals surface area contributed by atoms with Crippen LogP contribution in [-0.2, 0) is 23.8 Å². The molecule has 0 fully saturated rings. The molecule has 0 aromatic rings. The number of unbranched alkanes of at least 4 members (excludes halogenated alkanes) is 35. The molecule has 0 aromatic carbocycles. The minimum Gasteiger partial charge on any atom is -0.462 e. The largest absolute Gasteiger partial charge is 0.462 e. The lowest BCUT2D eigenvalue weighted by Gasteiger charge is -2.18. The normalized spacial score (nSPS) is 12.5. The molecular formula is C61H112O5. The van der Waals surface area contributed by atoms with Crippen LogP contribution in [0, 0.1) is 0 Å². The SMILES string of the molecule is CC/C=C\C/C=C\C/C=C\C/C=C\CCCCCCCOCC(COC(=O)CCCCCCCCCCCCCCCCCCC)OC(=O)CCCCCCCCCCCCCCCCC. The van der Waals surface area contributed by atoms with Gasteiger partial charge in [-0.2, -0.15) is 0 Å².